The van der Waals surface area contributed by atoms with Gasteiger partial charge in [-0.2, -0.15) is 0 Å². The molecule has 0 saturated heterocycles. The van der Waals surface area contributed by atoms with Gasteiger partial charge in [0.25, 0.3) is 0 Å². The van der Waals surface area contributed by atoms with E-state index in [2.05, 4.69) is 37.4 Å². The number of furan rings is 1. The normalized spacial score (nSPS) is 12.4. The Hall–Kier alpha value is -1.94. The third-order valence-corrected chi connectivity index (χ3v) is 4.59. The van der Waals surface area contributed by atoms with Gasteiger partial charge in [-0.15, -0.1) is 0 Å². The summed E-state index contributed by atoms with van der Waals surface area (Å²) in [6, 6.07) is 10.2. The molecule has 0 aliphatic heterocycles. The molecule has 4 heteroatoms. The van der Waals surface area contributed by atoms with E-state index in [9.17, 15) is 0 Å². The van der Waals surface area contributed by atoms with E-state index < -0.39 is 0 Å². The van der Waals surface area contributed by atoms with E-state index in [0.29, 0.717) is 5.92 Å². The van der Waals surface area contributed by atoms with Gasteiger partial charge in [0.1, 0.15) is 12.3 Å². The Bertz CT molecular complexity index is 608. The summed E-state index contributed by atoms with van der Waals surface area (Å²) in [5, 5.41) is 2.35. The first-order valence-electron chi connectivity index (χ1n) is 9.20. The van der Waals surface area contributed by atoms with E-state index in [4.69, 9.17) is 13.9 Å². The molecule has 25 heavy (non-hydrogen) atoms. The highest BCUT2D eigenvalue weighted by Crippen LogP contribution is 2.28. The fraction of sp³-hybridized carbons (Fsp3) is 0.524. The second kappa shape index (κ2) is 10.1. The van der Waals surface area contributed by atoms with Crippen LogP contribution in [-0.4, -0.2) is 20.8 Å². The van der Waals surface area contributed by atoms with Gasteiger partial charge in [0.2, 0.25) is 0 Å². The van der Waals surface area contributed by atoms with Crippen molar-refractivity contribution < 1.29 is 19.2 Å². The maximum atomic E-state index is 5.65. The highest BCUT2D eigenvalue weighted by Gasteiger charge is 2.16. The molecule has 0 saturated carbocycles. The third-order valence-electron chi connectivity index (χ3n) is 4.59. The quantitative estimate of drug-likeness (QED) is 0.626. The van der Waals surface area contributed by atoms with E-state index in [-0.39, 0.29) is 0 Å². The van der Waals surface area contributed by atoms with Gasteiger partial charge >= 0.3 is 0 Å². The molecule has 1 aromatic heterocycles. The molecule has 0 spiro atoms. The summed E-state index contributed by atoms with van der Waals surface area (Å²) in [5.74, 6) is 3.93. The summed E-state index contributed by atoms with van der Waals surface area (Å²) in [6.07, 6.45) is 5.34. The van der Waals surface area contributed by atoms with E-state index >= 15 is 0 Å². The van der Waals surface area contributed by atoms with Crippen LogP contribution in [0.5, 0.6) is 11.5 Å². The molecular formula is C21H32NO3+. The van der Waals surface area contributed by atoms with Gasteiger partial charge < -0.3 is 19.2 Å². The number of hydrogen-bond acceptors (Lipinski definition) is 3. The summed E-state index contributed by atoms with van der Waals surface area (Å²) in [7, 11) is 3.34. The minimum Gasteiger partial charge on any atom is -0.493 e. The molecule has 138 valence electrons. The number of benzene rings is 1. The molecular weight excluding hydrogens is 314 g/mol. The Balaban J connectivity index is 1.83. The number of hydrogen-bond donors (Lipinski definition) is 1. The number of rotatable bonds is 11. The van der Waals surface area contributed by atoms with E-state index in [0.717, 1.165) is 42.7 Å². The largest absolute Gasteiger partial charge is 0.493 e. The molecule has 4 nitrogen and oxygen atoms in total. The van der Waals surface area contributed by atoms with Crippen LogP contribution >= 0.6 is 0 Å². The average molecular weight is 346 g/mol. The molecule has 0 aliphatic carbocycles. The zero-order chi connectivity index (χ0) is 18.1. The molecule has 2 rings (SSSR count). The van der Waals surface area contributed by atoms with Crippen molar-refractivity contribution in [1.82, 2.24) is 0 Å². The molecule has 2 aromatic rings. The smallest absolute Gasteiger partial charge is 0.161 e. The van der Waals surface area contributed by atoms with Gasteiger partial charge in [-0.25, -0.2) is 0 Å². The van der Waals surface area contributed by atoms with Crippen LogP contribution in [-0.2, 0) is 6.54 Å². The Morgan fingerprint density at radius 2 is 1.80 bits per heavy atom. The number of quaternary nitrogens is 1. The van der Waals surface area contributed by atoms with Crippen LogP contribution in [0, 0.1) is 5.92 Å². The van der Waals surface area contributed by atoms with Gasteiger partial charge in [0, 0.05) is 17.9 Å². The molecule has 1 aromatic carbocycles. The molecule has 0 fully saturated rings. The maximum Gasteiger partial charge on any atom is 0.161 e. The van der Waals surface area contributed by atoms with Crippen molar-refractivity contribution in [2.45, 2.75) is 45.6 Å². The highest BCUT2D eigenvalue weighted by atomic mass is 16.5. The Labute approximate surface area is 151 Å². The molecule has 1 heterocycles. The van der Waals surface area contributed by atoms with Crippen LogP contribution in [0.2, 0.25) is 0 Å². The van der Waals surface area contributed by atoms with E-state index in [1.165, 1.54) is 18.4 Å². The van der Waals surface area contributed by atoms with Crippen LogP contribution in [0.4, 0.5) is 0 Å². The molecule has 0 unspecified atom stereocenters. The van der Waals surface area contributed by atoms with Gasteiger partial charge in [-0.1, -0.05) is 20.3 Å². The van der Waals surface area contributed by atoms with Crippen LogP contribution < -0.4 is 14.8 Å². The predicted octanol–water partition coefficient (Wildman–Crippen LogP) is 3.97. The van der Waals surface area contributed by atoms with Crippen LogP contribution in [0.1, 0.15) is 50.4 Å². The first-order chi connectivity index (χ1) is 12.1. The van der Waals surface area contributed by atoms with Gasteiger partial charge in [-0.3, -0.25) is 0 Å². The fourth-order valence-corrected chi connectivity index (χ4v) is 3.08. The minimum atomic E-state index is 0.513. The van der Waals surface area contributed by atoms with Crippen molar-refractivity contribution in [3.63, 3.8) is 0 Å². The molecule has 0 amide bonds. The van der Waals surface area contributed by atoms with E-state index in [1.807, 2.05) is 12.1 Å². The Morgan fingerprint density at radius 3 is 2.44 bits per heavy atom. The second-order valence-corrected chi connectivity index (χ2v) is 6.94. The molecule has 1 atom stereocenters. The van der Waals surface area contributed by atoms with Crippen LogP contribution in [0.25, 0.3) is 0 Å². The highest BCUT2D eigenvalue weighted by molar-refractivity contribution is 5.42. The number of methoxy groups -OCH3 is 2. The van der Waals surface area contributed by atoms with Crippen molar-refractivity contribution in [2.75, 3.05) is 20.8 Å². The maximum absolute atomic E-state index is 5.65. The number of nitrogens with two attached hydrogens (primary N) is 1. The van der Waals surface area contributed by atoms with Gasteiger partial charge in [-0.05, 0) is 42.7 Å². The van der Waals surface area contributed by atoms with Gasteiger partial charge in [0.05, 0.1) is 27.0 Å². The zero-order valence-corrected chi connectivity index (χ0v) is 16.0. The van der Waals surface area contributed by atoms with E-state index in [1.54, 1.807) is 20.5 Å². The predicted molar refractivity (Wildman–Crippen MR) is 100 cm³/mol. The van der Waals surface area contributed by atoms with Crippen molar-refractivity contribution in [3.05, 3.63) is 47.9 Å². The first-order valence-corrected chi connectivity index (χ1v) is 9.20. The lowest BCUT2D eigenvalue weighted by Crippen LogP contribution is -2.82. The minimum absolute atomic E-state index is 0.513. The lowest BCUT2D eigenvalue weighted by Gasteiger charge is -2.15. The van der Waals surface area contributed by atoms with Gasteiger partial charge in [0.15, 0.2) is 11.5 Å². The average Bonchev–Trinajstić information content (AvgIpc) is 3.15. The van der Waals surface area contributed by atoms with Crippen LogP contribution in [0.3, 0.4) is 0 Å². The SMILES string of the molecule is COc1ccc(C[NH2+]CC[C@H](CCC(C)C)c2ccco2)cc1OC. The summed E-state index contributed by atoms with van der Waals surface area (Å²) >= 11 is 0. The van der Waals surface area contributed by atoms with Crippen molar-refractivity contribution >= 4 is 0 Å². The van der Waals surface area contributed by atoms with Crippen molar-refractivity contribution in [3.8, 4) is 11.5 Å². The molecule has 0 radical (unpaired) electrons. The Morgan fingerprint density at radius 1 is 1.00 bits per heavy atom. The fourth-order valence-electron chi connectivity index (χ4n) is 3.08. The summed E-state index contributed by atoms with van der Waals surface area (Å²) in [6.45, 7) is 6.58. The zero-order valence-electron chi connectivity index (χ0n) is 16.0. The number of ether oxygens (including phenoxy) is 2. The Kier molecular flexibility index (Phi) is 7.86. The first kappa shape index (κ1) is 19.4. The van der Waals surface area contributed by atoms with Crippen LogP contribution in [0.15, 0.2) is 41.0 Å². The van der Waals surface area contributed by atoms with Crippen molar-refractivity contribution in [2.24, 2.45) is 5.92 Å². The summed E-state index contributed by atoms with van der Waals surface area (Å²) in [4.78, 5) is 0. The summed E-state index contributed by atoms with van der Waals surface area (Å²) < 4.78 is 16.3. The van der Waals surface area contributed by atoms with Crippen molar-refractivity contribution in [1.29, 1.82) is 0 Å². The lowest BCUT2D eigenvalue weighted by atomic mass is 9.93. The summed E-state index contributed by atoms with van der Waals surface area (Å²) in [5.41, 5.74) is 1.24. The topological polar surface area (TPSA) is 48.2 Å². The third kappa shape index (κ3) is 6.13. The molecule has 0 aliphatic rings. The second-order valence-electron chi connectivity index (χ2n) is 6.94. The lowest BCUT2D eigenvalue weighted by molar-refractivity contribution is -0.671. The standard InChI is InChI=1S/C21H31NO3/c1-16(2)7-9-18(19-6-5-13-25-19)11-12-22-15-17-8-10-20(23-3)21(14-17)24-4/h5-6,8,10,13-14,16,18,22H,7,9,11-12,15H2,1-4H3/p+1/t18-/m0/s1. The monoisotopic (exact) mass is 346 g/mol. The molecule has 2 N–H and O–H groups in total. The molecule has 0 bridgehead atoms.